The number of rotatable bonds is 14. The fourth-order valence-corrected chi connectivity index (χ4v) is 9.27. The molecule has 8 aromatic rings. The monoisotopic (exact) mass is 810 g/mol. The Kier molecular flexibility index (Phi) is 10.7. The van der Waals surface area contributed by atoms with Gasteiger partial charge in [0.1, 0.15) is 23.0 Å². The first kappa shape index (κ1) is 38.9. The van der Waals surface area contributed by atoms with E-state index in [9.17, 15) is 0 Å². The van der Waals surface area contributed by atoms with Crippen LogP contribution in [0.25, 0.3) is 11.1 Å². The van der Waals surface area contributed by atoms with E-state index in [1.165, 1.54) is 22.3 Å². The molecule has 0 N–H and O–H groups in total. The third-order valence-electron chi connectivity index (χ3n) is 12.1. The van der Waals surface area contributed by atoms with E-state index in [4.69, 9.17) is 14.2 Å². The van der Waals surface area contributed by atoms with Crippen molar-refractivity contribution in [1.29, 1.82) is 0 Å². The molecular formula is C57H50N2O3. The molecule has 0 atom stereocenters. The minimum atomic E-state index is -0.776. The Hall–Kier alpha value is -7.24. The van der Waals surface area contributed by atoms with Crippen LogP contribution in [-0.2, 0) is 5.41 Å². The average molecular weight is 811 g/mol. The fraction of sp³-hybridized carbons (Fsp3) is 0.158. The van der Waals surface area contributed by atoms with Gasteiger partial charge >= 0.3 is 0 Å². The molecule has 0 saturated heterocycles. The summed E-state index contributed by atoms with van der Waals surface area (Å²) in [5.41, 5.74) is 12.6. The maximum absolute atomic E-state index is 7.04. The number of hydrogen-bond donors (Lipinski definition) is 0. The summed E-state index contributed by atoms with van der Waals surface area (Å²) < 4.78 is 19.8. The molecule has 62 heavy (non-hydrogen) atoms. The van der Waals surface area contributed by atoms with Crippen molar-refractivity contribution >= 4 is 34.1 Å². The molecule has 1 aliphatic carbocycles. The van der Waals surface area contributed by atoms with E-state index in [1.54, 1.807) is 0 Å². The lowest BCUT2D eigenvalue weighted by atomic mass is 9.66. The van der Waals surface area contributed by atoms with Crippen molar-refractivity contribution in [2.75, 3.05) is 23.0 Å². The Morgan fingerprint density at radius 3 is 1.11 bits per heavy atom. The van der Waals surface area contributed by atoms with Gasteiger partial charge in [-0.05, 0) is 120 Å². The molecule has 1 spiro atoms. The first-order valence-electron chi connectivity index (χ1n) is 22.0. The highest BCUT2D eigenvalue weighted by molar-refractivity contribution is 5.93. The predicted molar refractivity (Wildman–Crippen MR) is 254 cm³/mol. The van der Waals surface area contributed by atoms with Crippen LogP contribution in [0.4, 0.5) is 34.1 Å². The molecule has 1 heterocycles. The number of hydrogen-bond acceptors (Lipinski definition) is 5. The number of fused-ring (bicyclic) bond motifs is 9. The molecule has 10 rings (SSSR count). The van der Waals surface area contributed by atoms with Crippen LogP contribution in [0.2, 0.25) is 0 Å². The summed E-state index contributed by atoms with van der Waals surface area (Å²) in [6.45, 7) is 5.67. The molecule has 1 aliphatic heterocycles. The van der Waals surface area contributed by atoms with E-state index in [0.717, 1.165) is 93.9 Å². The van der Waals surface area contributed by atoms with E-state index in [0.29, 0.717) is 13.2 Å². The van der Waals surface area contributed by atoms with E-state index >= 15 is 0 Å². The van der Waals surface area contributed by atoms with Gasteiger partial charge in [0, 0.05) is 57.4 Å². The second kappa shape index (κ2) is 17.0. The minimum absolute atomic E-state index is 0.647. The van der Waals surface area contributed by atoms with Gasteiger partial charge in [0.2, 0.25) is 0 Å². The van der Waals surface area contributed by atoms with Crippen LogP contribution < -0.4 is 24.0 Å². The highest BCUT2D eigenvalue weighted by Gasteiger charge is 2.52. The zero-order chi connectivity index (χ0) is 41.9. The Bertz CT molecular complexity index is 2540. The molecule has 306 valence electrons. The van der Waals surface area contributed by atoms with Gasteiger partial charge in [0.25, 0.3) is 0 Å². The molecule has 2 aliphatic rings. The van der Waals surface area contributed by atoms with Gasteiger partial charge in [-0.15, -0.1) is 0 Å². The number of para-hydroxylation sites is 4. The van der Waals surface area contributed by atoms with E-state index < -0.39 is 5.41 Å². The first-order valence-corrected chi connectivity index (χ1v) is 22.0. The highest BCUT2D eigenvalue weighted by Crippen LogP contribution is 2.64. The number of nitrogens with zero attached hydrogens (tertiary/aromatic N) is 2. The smallest absolute Gasteiger partial charge is 0.135 e. The van der Waals surface area contributed by atoms with Gasteiger partial charge in [-0.2, -0.15) is 0 Å². The molecule has 0 radical (unpaired) electrons. The number of unbranched alkanes of at least 4 members (excludes halogenated alkanes) is 2. The van der Waals surface area contributed by atoms with Crippen LogP contribution in [0.5, 0.6) is 23.0 Å². The molecule has 0 aromatic heterocycles. The summed E-state index contributed by atoms with van der Waals surface area (Å²) in [6.07, 6.45) is 4.08. The van der Waals surface area contributed by atoms with Crippen LogP contribution in [-0.4, -0.2) is 13.2 Å². The fourth-order valence-electron chi connectivity index (χ4n) is 9.27. The van der Waals surface area contributed by atoms with Crippen molar-refractivity contribution in [2.45, 2.75) is 44.9 Å². The van der Waals surface area contributed by atoms with Gasteiger partial charge in [-0.3, -0.25) is 0 Å². The third kappa shape index (κ3) is 6.94. The molecule has 0 amide bonds. The maximum atomic E-state index is 7.04. The normalized spacial score (nSPS) is 12.7. The first-order chi connectivity index (χ1) is 30.7. The van der Waals surface area contributed by atoms with E-state index in [-0.39, 0.29) is 0 Å². The zero-order valence-corrected chi connectivity index (χ0v) is 35.3. The second-order valence-corrected chi connectivity index (χ2v) is 16.0. The Morgan fingerprint density at radius 1 is 0.387 bits per heavy atom. The minimum Gasteiger partial charge on any atom is -0.493 e. The molecule has 0 bridgehead atoms. The zero-order valence-electron chi connectivity index (χ0n) is 35.3. The van der Waals surface area contributed by atoms with Crippen molar-refractivity contribution in [2.24, 2.45) is 0 Å². The molecule has 0 unspecified atom stereocenters. The van der Waals surface area contributed by atoms with Crippen LogP contribution in [0.3, 0.4) is 0 Å². The van der Waals surface area contributed by atoms with Crippen LogP contribution in [0, 0.1) is 0 Å². The second-order valence-electron chi connectivity index (χ2n) is 16.0. The molecule has 8 aromatic carbocycles. The third-order valence-corrected chi connectivity index (χ3v) is 12.1. The molecule has 0 saturated carbocycles. The van der Waals surface area contributed by atoms with Gasteiger partial charge < -0.3 is 24.0 Å². The van der Waals surface area contributed by atoms with Crippen molar-refractivity contribution in [3.8, 4) is 34.1 Å². The van der Waals surface area contributed by atoms with Crippen molar-refractivity contribution < 1.29 is 14.2 Å². The standard InChI is InChI=1S/C57H50N2O3/c1-3-5-35-60-47-29-33-51-55(39-47)62-56-40-48(61-36-6-4-2)30-34-52(56)57(51)53-37-45(58(41-19-11-7-12-20-41)42-21-13-8-14-22-42)27-31-49(53)50-32-28-46(38-54(50)57)59(43-23-15-9-16-24-43)44-25-17-10-18-26-44/h7-34,37-40H,3-6,35-36H2,1-2H3. The largest absolute Gasteiger partial charge is 0.493 e. The molecule has 5 heteroatoms. The molecule has 5 nitrogen and oxygen atoms in total. The number of ether oxygens (including phenoxy) is 3. The van der Waals surface area contributed by atoms with Gasteiger partial charge in [-0.1, -0.05) is 124 Å². The molecular weight excluding hydrogens is 761 g/mol. The average Bonchev–Trinajstić information content (AvgIpc) is 3.60. The van der Waals surface area contributed by atoms with Crippen LogP contribution in [0.15, 0.2) is 194 Å². The van der Waals surface area contributed by atoms with Crippen molar-refractivity contribution in [1.82, 2.24) is 0 Å². The Morgan fingerprint density at radius 2 is 0.758 bits per heavy atom. The van der Waals surface area contributed by atoms with E-state index in [2.05, 4.69) is 218 Å². The molecule has 0 fully saturated rings. The Balaban J connectivity index is 1.26. The number of benzene rings is 8. The summed E-state index contributed by atoms with van der Waals surface area (Å²) in [7, 11) is 0. The topological polar surface area (TPSA) is 34.2 Å². The van der Waals surface area contributed by atoms with E-state index in [1.807, 2.05) is 0 Å². The Labute approximate surface area is 365 Å². The van der Waals surface area contributed by atoms with Gasteiger partial charge in [-0.25, -0.2) is 0 Å². The van der Waals surface area contributed by atoms with Gasteiger partial charge in [0.15, 0.2) is 0 Å². The highest BCUT2D eigenvalue weighted by atomic mass is 16.5. The quantitative estimate of drug-likeness (QED) is 0.102. The summed E-state index contributed by atoms with van der Waals surface area (Å²) in [4.78, 5) is 4.71. The van der Waals surface area contributed by atoms with Gasteiger partial charge in [0.05, 0.1) is 18.6 Å². The lowest BCUT2D eigenvalue weighted by molar-refractivity contribution is 0.304. The number of anilines is 6. The van der Waals surface area contributed by atoms with Crippen LogP contribution >= 0.6 is 0 Å². The SMILES string of the molecule is CCCCOc1ccc2c(c1)Oc1cc(OCCCC)ccc1C21c2cc(N(c3ccccc3)c3ccccc3)ccc2-c2ccc(N(c3ccccc3)c3ccccc3)cc21. The summed E-state index contributed by atoms with van der Waals surface area (Å²) in [5, 5.41) is 0. The summed E-state index contributed by atoms with van der Waals surface area (Å²) in [5.74, 6) is 3.15. The van der Waals surface area contributed by atoms with Crippen molar-refractivity contribution in [3.63, 3.8) is 0 Å². The maximum Gasteiger partial charge on any atom is 0.135 e. The summed E-state index contributed by atoms with van der Waals surface area (Å²) in [6, 6.07) is 69.5. The van der Waals surface area contributed by atoms with Crippen molar-refractivity contribution in [3.05, 3.63) is 216 Å². The van der Waals surface area contributed by atoms with Crippen LogP contribution in [0.1, 0.15) is 61.8 Å². The lowest BCUT2D eigenvalue weighted by Gasteiger charge is -2.40. The summed E-state index contributed by atoms with van der Waals surface area (Å²) >= 11 is 0. The predicted octanol–water partition coefficient (Wildman–Crippen LogP) is 15.5. The lowest BCUT2D eigenvalue weighted by Crippen LogP contribution is -2.32.